The standard InChI is InChI=1S/C6H5Cl.C3H5ClO2.Na.H/c7-6-4-2-1-3-5-6;1-2(4)3(5)6;;/h1-5H;2H,1H3,(H,5,6);;/q;;+1;-1. The molecule has 0 fully saturated rings. The molecule has 1 aromatic carbocycles. The second-order valence-electron chi connectivity index (χ2n) is 2.25. The zero-order valence-corrected chi connectivity index (χ0v) is 11.6. The number of halogens is 2. The number of alkyl halides is 1. The second kappa shape index (κ2) is 9.81. The van der Waals surface area contributed by atoms with E-state index in [4.69, 9.17) is 28.3 Å². The summed E-state index contributed by atoms with van der Waals surface area (Å²) in [6, 6.07) is 9.44. The Kier molecular flexibility index (Phi) is 11.7. The molecule has 0 aliphatic heterocycles. The molecule has 0 radical (unpaired) electrons. The molecule has 0 aliphatic carbocycles. The molecule has 1 aromatic rings. The van der Waals surface area contributed by atoms with Crippen LogP contribution in [0.2, 0.25) is 5.02 Å². The number of rotatable bonds is 1. The van der Waals surface area contributed by atoms with Crippen LogP contribution in [0.1, 0.15) is 8.35 Å². The molecular weight excluding hydrogens is 234 g/mol. The van der Waals surface area contributed by atoms with Crippen LogP contribution in [0.5, 0.6) is 0 Å². The second-order valence-corrected chi connectivity index (χ2v) is 3.34. The van der Waals surface area contributed by atoms with Crippen molar-refractivity contribution in [1.82, 2.24) is 0 Å². The van der Waals surface area contributed by atoms with Crippen LogP contribution in [0.3, 0.4) is 0 Å². The van der Waals surface area contributed by atoms with Crippen molar-refractivity contribution in [3.05, 3.63) is 35.4 Å². The Labute approximate surface area is 117 Å². The summed E-state index contributed by atoms with van der Waals surface area (Å²) >= 11 is 10.6. The van der Waals surface area contributed by atoms with E-state index in [1.807, 2.05) is 30.3 Å². The molecule has 0 aromatic heterocycles. The van der Waals surface area contributed by atoms with Gasteiger partial charge in [0.15, 0.2) is 0 Å². The van der Waals surface area contributed by atoms with Crippen molar-refractivity contribution < 1.29 is 40.9 Å². The first kappa shape index (κ1) is 16.7. The van der Waals surface area contributed by atoms with E-state index in [0.717, 1.165) is 5.02 Å². The van der Waals surface area contributed by atoms with Crippen LogP contribution in [0.4, 0.5) is 0 Å². The van der Waals surface area contributed by atoms with E-state index in [-0.39, 0.29) is 31.0 Å². The molecule has 1 N–H and O–H groups in total. The van der Waals surface area contributed by atoms with Gasteiger partial charge in [-0.3, -0.25) is 4.79 Å². The van der Waals surface area contributed by atoms with Gasteiger partial charge in [-0.05, 0) is 19.1 Å². The van der Waals surface area contributed by atoms with E-state index in [0.29, 0.717) is 0 Å². The third-order valence-corrected chi connectivity index (χ3v) is 1.51. The Morgan fingerprint density at radius 1 is 1.43 bits per heavy atom. The summed E-state index contributed by atoms with van der Waals surface area (Å²) in [4.78, 5) is 9.57. The van der Waals surface area contributed by atoms with Gasteiger partial charge in [0.2, 0.25) is 0 Å². The zero-order valence-electron chi connectivity index (χ0n) is 9.08. The van der Waals surface area contributed by atoms with E-state index in [2.05, 4.69) is 0 Å². The van der Waals surface area contributed by atoms with Crippen molar-refractivity contribution >= 4 is 29.2 Å². The van der Waals surface area contributed by atoms with Gasteiger partial charge in [-0.2, -0.15) is 0 Å². The van der Waals surface area contributed by atoms with Crippen molar-refractivity contribution in [2.45, 2.75) is 12.3 Å². The Morgan fingerprint density at radius 2 is 1.79 bits per heavy atom. The zero-order chi connectivity index (χ0) is 10.3. The number of carbonyl (C=O) groups is 1. The van der Waals surface area contributed by atoms with E-state index in [9.17, 15) is 4.79 Å². The maximum Gasteiger partial charge on any atom is 1.00 e. The van der Waals surface area contributed by atoms with Gasteiger partial charge < -0.3 is 6.53 Å². The monoisotopic (exact) mass is 244 g/mol. The Hall–Kier alpha value is 0.270. The minimum Gasteiger partial charge on any atom is -1.00 e. The first-order valence-electron chi connectivity index (χ1n) is 3.61. The molecule has 14 heavy (non-hydrogen) atoms. The van der Waals surface area contributed by atoms with E-state index < -0.39 is 11.3 Å². The van der Waals surface area contributed by atoms with Gasteiger partial charge in [0.1, 0.15) is 5.38 Å². The van der Waals surface area contributed by atoms with Gasteiger partial charge in [-0.1, -0.05) is 29.8 Å². The predicted octanol–water partition coefficient (Wildman–Crippen LogP) is 0.155. The molecule has 0 saturated carbocycles. The van der Waals surface area contributed by atoms with E-state index >= 15 is 0 Å². The van der Waals surface area contributed by atoms with Gasteiger partial charge >= 0.3 is 35.5 Å². The summed E-state index contributed by atoms with van der Waals surface area (Å²) in [5, 5.41) is 7.89. The minimum absolute atomic E-state index is 0. The third-order valence-electron chi connectivity index (χ3n) is 1.07. The summed E-state index contributed by atoms with van der Waals surface area (Å²) in [6.45, 7) is 1.41. The van der Waals surface area contributed by atoms with Crippen molar-refractivity contribution in [2.24, 2.45) is 0 Å². The Balaban J connectivity index is -0.000000172. The molecule has 1 rings (SSSR count). The molecule has 74 valence electrons. The summed E-state index contributed by atoms with van der Waals surface area (Å²) in [5.41, 5.74) is 0. The fraction of sp³-hybridized carbons (Fsp3) is 0.222. The smallest absolute Gasteiger partial charge is 1.00 e. The SMILES string of the molecule is CC(Cl)C(=O)O.Clc1ccccc1.[H-].[Na+]. The maximum atomic E-state index is 9.57. The predicted molar refractivity (Wildman–Crippen MR) is 55.5 cm³/mol. The van der Waals surface area contributed by atoms with Gasteiger partial charge in [0.05, 0.1) is 0 Å². The quantitative estimate of drug-likeness (QED) is 0.565. The number of benzene rings is 1. The molecular formula is C9H11Cl2NaO2. The van der Waals surface area contributed by atoms with Crippen LogP contribution in [-0.2, 0) is 4.79 Å². The Morgan fingerprint density at radius 3 is 1.93 bits per heavy atom. The molecule has 2 nitrogen and oxygen atoms in total. The number of carboxylic acid groups (broad SMARTS) is 1. The molecule has 0 spiro atoms. The number of hydrogen-bond donors (Lipinski definition) is 1. The normalized spacial score (nSPS) is 10.2. The van der Waals surface area contributed by atoms with Crippen molar-refractivity contribution in [2.75, 3.05) is 0 Å². The average Bonchev–Trinajstić information content (AvgIpc) is 2.06. The van der Waals surface area contributed by atoms with E-state index in [1.165, 1.54) is 6.92 Å². The molecule has 0 bridgehead atoms. The molecule has 0 amide bonds. The Bertz CT molecular complexity index is 258. The molecule has 1 atom stereocenters. The minimum atomic E-state index is -0.975. The summed E-state index contributed by atoms with van der Waals surface area (Å²) in [7, 11) is 0. The average molecular weight is 245 g/mol. The van der Waals surface area contributed by atoms with Crippen LogP contribution < -0.4 is 29.6 Å². The fourth-order valence-corrected chi connectivity index (χ4v) is 0.560. The molecule has 1 unspecified atom stereocenters. The molecule has 0 aliphatic rings. The number of carboxylic acids is 1. The summed E-state index contributed by atoms with van der Waals surface area (Å²) in [6.07, 6.45) is 0. The number of hydrogen-bond acceptors (Lipinski definition) is 1. The molecule has 5 heteroatoms. The summed E-state index contributed by atoms with van der Waals surface area (Å²) in [5.74, 6) is -0.975. The van der Waals surface area contributed by atoms with Crippen molar-refractivity contribution in [3.63, 3.8) is 0 Å². The first-order valence-corrected chi connectivity index (χ1v) is 4.43. The molecule has 0 saturated heterocycles. The van der Waals surface area contributed by atoms with Crippen LogP contribution in [-0.4, -0.2) is 16.5 Å². The fourth-order valence-electron chi connectivity index (χ4n) is 0.415. The number of aliphatic carboxylic acids is 1. The van der Waals surface area contributed by atoms with Gasteiger partial charge in [0.25, 0.3) is 0 Å². The first-order chi connectivity index (χ1) is 6.04. The van der Waals surface area contributed by atoms with Crippen LogP contribution in [0, 0.1) is 0 Å². The van der Waals surface area contributed by atoms with Crippen molar-refractivity contribution in [1.29, 1.82) is 0 Å². The topological polar surface area (TPSA) is 37.3 Å². The van der Waals surface area contributed by atoms with Gasteiger partial charge in [-0.15, -0.1) is 11.6 Å². The third kappa shape index (κ3) is 10.4. The van der Waals surface area contributed by atoms with Gasteiger partial charge in [0, 0.05) is 5.02 Å². The molecule has 0 heterocycles. The van der Waals surface area contributed by atoms with Crippen LogP contribution in [0.15, 0.2) is 30.3 Å². The largest absolute Gasteiger partial charge is 1.00 e. The maximum absolute atomic E-state index is 9.57. The van der Waals surface area contributed by atoms with Crippen LogP contribution >= 0.6 is 23.2 Å². The summed E-state index contributed by atoms with van der Waals surface area (Å²) < 4.78 is 0. The van der Waals surface area contributed by atoms with Crippen molar-refractivity contribution in [3.8, 4) is 0 Å². The van der Waals surface area contributed by atoms with E-state index in [1.54, 1.807) is 0 Å². The van der Waals surface area contributed by atoms with Crippen LogP contribution in [0.25, 0.3) is 0 Å². The van der Waals surface area contributed by atoms with Gasteiger partial charge in [-0.25, -0.2) is 0 Å².